The van der Waals surface area contributed by atoms with E-state index >= 15 is 0 Å². The molecule has 4 heteroatoms. The fourth-order valence-electron chi connectivity index (χ4n) is 1.87. The number of aromatic nitrogens is 1. The SMILES string of the molecule is C[C@@H](N[C@H]1CCCNC1)c1nccs1. The molecule has 0 spiro atoms. The third-order valence-electron chi connectivity index (χ3n) is 2.60. The summed E-state index contributed by atoms with van der Waals surface area (Å²) >= 11 is 1.73. The Morgan fingerprint density at radius 3 is 3.29 bits per heavy atom. The average molecular weight is 211 g/mol. The van der Waals surface area contributed by atoms with E-state index in [1.807, 2.05) is 11.6 Å². The van der Waals surface area contributed by atoms with E-state index in [1.54, 1.807) is 11.3 Å². The van der Waals surface area contributed by atoms with Crippen molar-refractivity contribution in [1.82, 2.24) is 15.6 Å². The molecular weight excluding hydrogens is 194 g/mol. The van der Waals surface area contributed by atoms with Crippen LogP contribution in [0.4, 0.5) is 0 Å². The Hall–Kier alpha value is -0.450. The second kappa shape index (κ2) is 4.87. The fourth-order valence-corrected chi connectivity index (χ4v) is 2.52. The Morgan fingerprint density at radius 1 is 1.71 bits per heavy atom. The van der Waals surface area contributed by atoms with Crippen molar-refractivity contribution < 1.29 is 0 Å². The maximum atomic E-state index is 4.32. The van der Waals surface area contributed by atoms with Crippen LogP contribution in [0.25, 0.3) is 0 Å². The third kappa shape index (κ3) is 2.53. The molecule has 1 aromatic rings. The molecule has 1 aromatic heterocycles. The zero-order valence-corrected chi connectivity index (χ0v) is 9.31. The lowest BCUT2D eigenvalue weighted by Gasteiger charge is -2.26. The Morgan fingerprint density at radius 2 is 2.64 bits per heavy atom. The van der Waals surface area contributed by atoms with Crippen LogP contribution in [-0.4, -0.2) is 24.1 Å². The highest BCUT2D eigenvalue weighted by Crippen LogP contribution is 2.16. The molecule has 1 saturated heterocycles. The number of nitrogens with zero attached hydrogens (tertiary/aromatic N) is 1. The van der Waals surface area contributed by atoms with Crippen molar-refractivity contribution in [1.29, 1.82) is 0 Å². The normalized spacial score (nSPS) is 24.8. The molecule has 0 aliphatic carbocycles. The number of thiazole rings is 1. The molecule has 0 saturated carbocycles. The van der Waals surface area contributed by atoms with Crippen molar-refractivity contribution in [3.05, 3.63) is 16.6 Å². The average Bonchev–Trinajstić information content (AvgIpc) is 2.72. The van der Waals surface area contributed by atoms with Gasteiger partial charge in [-0.05, 0) is 26.3 Å². The minimum atomic E-state index is 0.389. The Balaban J connectivity index is 1.84. The fraction of sp³-hybridized carbons (Fsp3) is 0.700. The van der Waals surface area contributed by atoms with Gasteiger partial charge >= 0.3 is 0 Å². The minimum Gasteiger partial charge on any atom is -0.315 e. The first-order valence-corrected chi connectivity index (χ1v) is 6.10. The highest BCUT2D eigenvalue weighted by Gasteiger charge is 2.16. The molecule has 2 rings (SSSR count). The molecule has 3 nitrogen and oxygen atoms in total. The van der Waals surface area contributed by atoms with E-state index in [2.05, 4.69) is 22.5 Å². The van der Waals surface area contributed by atoms with E-state index in [1.165, 1.54) is 24.4 Å². The molecule has 78 valence electrons. The van der Waals surface area contributed by atoms with Crippen LogP contribution in [0, 0.1) is 0 Å². The summed E-state index contributed by atoms with van der Waals surface area (Å²) in [5.41, 5.74) is 0. The largest absolute Gasteiger partial charge is 0.315 e. The molecule has 0 aromatic carbocycles. The van der Waals surface area contributed by atoms with Crippen molar-refractivity contribution in [3.8, 4) is 0 Å². The summed E-state index contributed by atoms with van der Waals surface area (Å²) in [5.74, 6) is 0. The first-order valence-electron chi connectivity index (χ1n) is 5.22. The summed E-state index contributed by atoms with van der Waals surface area (Å²) in [7, 11) is 0. The molecular formula is C10H17N3S. The predicted octanol–water partition coefficient (Wildman–Crippen LogP) is 1.55. The maximum Gasteiger partial charge on any atom is 0.109 e. The molecule has 2 atom stereocenters. The number of rotatable bonds is 3. The Bertz CT molecular complexity index is 254. The highest BCUT2D eigenvalue weighted by molar-refractivity contribution is 7.09. The van der Waals surface area contributed by atoms with E-state index < -0.39 is 0 Å². The van der Waals surface area contributed by atoms with Gasteiger partial charge < -0.3 is 10.6 Å². The lowest BCUT2D eigenvalue weighted by molar-refractivity contribution is 0.361. The summed E-state index contributed by atoms with van der Waals surface area (Å²) in [4.78, 5) is 4.32. The van der Waals surface area contributed by atoms with Crippen molar-refractivity contribution >= 4 is 11.3 Å². The van der Waals surface area contributed by atoms with Gasteiger partial charge in [-0.3, -0.25) is 0 Å². The summed E-state index contributed by atoms with van der Waals surface area (Å²) in [6, 6.07) is 1.00. The van der Waals surface area contributed by atoms with Crippen LogP contribution in [0.15, 0.2) is 11.6 Å². The van der Waals surface area contributed by atoms with Gasteiger partial charge in [-0.25, -0.2) is 4.98 Å². The summed E-state index contributed by atoms with van der Waals surface area (Å²) in [6.45, 7) is 4.45. The van der Waals surface area contributed by atoms with Gasteiger partial charge in [0.1, 0.15) is 5.01 Å². The van der Waals surface area contributed by atoms with Gasteiger partial charge in [-0.2, -0.15) is 0 Å². The first kappa shape index (κ1) is 10.1. The summed E-state index contributed by atoms with van der Waals surface area (Å²) in [5, 5.41) is 10.2. The number of hydrogen-bond donors (Lipinski definition) is 2. The molecule has 0 unspecified atom stereocenters. The molecule has 1 aliphatic heterocycles. The predicted molar refractivity (Wildman–Crippen MR) is 59.6 cm³/mol. The monoisotopic (exact) mass is 211 g/mol. The van der Waals surface area contributed by atoms with Gasteiger partial charge in [-0.1, -0.05) is 0 Å². The lowest BCUT2D eigenvalue weighted by Crippen LogP contribution is -2.43. The van der Waals surface area contributed by atoms with Crippen LogP contribution in [0.1, 0.15) is 30.8 Å². The van der Waals surface area contributed by atoms with Crippen molar-refractivity contribution in [2.24, 2.45) is 0 Å². The van der Waals surface area contributed by atoms with Crippen molar-refractivity contribution in [3.63, 3.8) is 0 Å². The van der Waals surface area contributed by atoms with Crippen LogP contribution < -0.4 is 10.6 Å². The summed E-state index contributed by atoms with van der Waals surface area (Å²) < 4.78 is 0. The molecule has 1 aliphatic rings. The molecule has 2 heterocycles. The van der Waals surface area contributed by atoms with Crippen LogP contribution in [-0.2, 0) is 0 Å². The van der Waals surface area contributed by atoms with E-state index in [-0.39, 0.29) is 0 Å². The van der Waals surface area contributed by atoms with Gasteiger partial charge in [0.05, 0.1) is 6.04 Å². The topological polar surface area (TPSA) is 37.0 Å². The van der Waals surface area contributed by atoms with Crippen LogP contribution in [0.3, 0.4) is 0 Å². The van der Waals surface area contributed by atoms with E-state index in [0.29, 0.717) is 12.1 Å². The maximum absolute atomic E-state index is 4.32. The van der Waals surface area contributed by atoms with E-state index in [4.69, 9.17) is 0 Å². The second-order valence-corrected chi connectivity index (χ2v) is 4.73. The first-order chi connectivity index (χ1) is 6.86. The zero-order valence-electron chi connectivity index (χ0n) is 8.49. The zero-order chi connectivity index (χ0) is 9.80. The van der Waals surface area contributed by atoms with Crippen LogP contribution in [0.5, 0.6) is 0 Å². The van der Waals surface area contributed by atoms with Gasteiger partial charge in [0, 0.05) is 24.2 Å². The van der Waals surface area contributed by atoms with Gasteiger partial charge in [-0.15, -0.1) is 11.3 Å². The molecule has 1 fully saturated rings. The minimum absolute atomic E-state index is 0.389. The van der Waals surface area contributed by atoms with Gasteiger partial charge in [0.15, 0.2) is 0 Å². The van der Waals surface area contributed by atoms with Crippen LogP contribution in [0.2, 0.25) is 0 Å². The molecule has 14 heavy (non-hydrogen) atoms. The second-order valence-electron chi connectivity index (χ2n) is 3.80. The number of hydrogen-bond acceptors (Lipinski definition) is 4. The third-order valence-corrected chi connectivity index (χ3v) is 3.56. The Kier molecular flexibility index (Phi) is 3.50. The quantitative estimate of drug-likeness (QED) is 0.796. The number of nitrogens with one attached hydrogen (secondary N) is 2. The molecule has 0 amide bonds. The van der Waals surface area contributed by atoms with Gasteiger partial charge in [0.25, 0.3) is 0 Å². The van der Waals surface area contributed by atoms with E-state index in [9.17, 15) is 0 Å². The molecule has 0 radical (unpaired) electrons. The summed E-state index contributed by atoms with van der Waals surface area (Å²) in [6.07, 6.45) is 4.43. The van der Waals surface area contributed by atoms with Crippen molar-refractivity contribution in [2.45, 2.75) is 31.8 Å². The van der Waals surface area contributed by atoms with Gasteiger partial charge in [0.2, 0.25) is 0 Å². The Labute approximate surface area is 88.9 Å². The lowest BCUT2D eigenvalue weighted by atomic mass is 10.1. The van der Waals surface area contributed by atoms with E-state index in [0.717, 1.165) is 6.54 Å². The van der Waals surface area contributed by atoms with Crippen molar-refractivity contribution in [2.75, 3.05) is 13.1 Å². The standard InChI is InChI=1S/C10H17N3S/c1-8(10-12-5-6-14-10)13-9-3-2-4-11-7-9/h5-6,8-9,11,13H,2-4,7H2,1H3/t8-,9+/m1/s1. The number of piperidine rings is 1. The van der Waals surface area contributed by atoms with Crippen LogP contribution >= 0.6 is 11.3 Å². The highest BCUT2D eigenvalue weighted by atomic mass is 32.1. The molecule has 2 N–H and O–H groups in total. The smallest absolute Gasteiger partial charge is 0.109 e. The molecule has 0 bridgehead atoms.